The van der Waals surface area contributed by atoms with Gasteiger partial charge in [0.05, 0.1) is 30.6 Å². The summed E-state index contributed by atoms with van der Waals surface area (Å²) in [5.74, 6) is 2.06. The summed E-state index contributed by atoms with van der Waals surface area (Å²) in [6, 6.07) is 0. The molecular formula is C15H28O3PS2-. The highest BCUT2D eigenvalue weighted by Crippen LogP contribution is 2.51. The molecule has 0 aromatic carbocycles. The van der Waals surface area contributed by atoms with Crippen molar-refractivity contribution in [2.75, 3.05) is 6.61 Å². The average Bonchev–Trinajstić information content (AvgIpc) is 2.88. The monoisotopic (exact) mass is 351 g/mol. The Kier molecular flexibility index (Phi) is 6.62. The maximum absolute atomic E-state index is 5.99. The maximum atomic E-state index is 5.99. The zero-order valence-corrected chi connectivity index (χ0v) is 16.0. The van der Waals surface area contributed by atoms with Crippen LogP contribution in [0.15, 0.2) is 0 Å². The van der Waals surface area contributed by atoms with Gasteiger partial charge in [0.15, 0.2) is 0 Å². The fourth-order valence-corrected chi connectivity index (χ4v) is 5.70. The second-order valence-corrected chi connectivity index (χ2v) is 11.8. The molecule has 21 heavy (non-hydrogen) atoms. The minimum Gasteiger partial charge on any atom is -0.691 e. The van der Waals surface area contributed by atoms with Crippen LogP contribution in [0.1, 0.15) is 53.4 Å². The Morgan fingerprint density at radius 3 is 2.52 bits per heavy atom. The van der Waals surface area contributed by atoms with E-state index in [0.29, 0.717) is 18.4 Å². The third-order valence-corrected chi connectivity index (χ3v) is 6.93. The Morgan fingerprint density at radius 2 is 1.95 bits per heavy atom. The predicted molar refractivity (Wildman–Crippen MR) is 92.8 cm³/mol. The third kappa shape index (κ3) is 5.19. The molecule has 0 aromatic heterocycles. The summed E-state index contributed by atoms with van der Waals surface area (Å²) in [5.41, 5.74) is -2.58. The van der Waals surface area contributed by atoms with Crippen molar-refractivity contribution in [1.29, 1.82) is 0 Å². The van der Waals surface area contributed by atoms with E-state index in [4.69, 9.17) is 37.8 Å². The number of hydrogen-bond acceptors (Lipinski definition) is 5. The van der Waals surface area contributed by atoms with E-state index in [1.165, 1.54) is 12.8 Å². The molecule has 7 atom stereocenters. The lowest BCUT2D eigenvalue weighted by molar-refractivity contribution is 0.0210. The smallest absolute Gasteiger partial charge is 0.0917 e. The molecule has 0 bridgehead atoms. The van der Waals surface area contributed by atoms with Crippen molar-refractivity contribution in [3.8, 4) is 0 Å². The van der Waals surface area contributed by atoms with Crippen LogP contribution in [0.3, 0.4) is 0 Å². The van der Waals surface area contributed by atoms with E-state index >= 15 is 0 Å². The van der Waals surface area contributed by atoms with Gasteiger partial charge in [0.25, 0.3) is 0 Å². The molecule has 2 aliphatic rings. The van der Waals surface area contributed by atoms with Gasteiger partial charge in [-0.15, -0.1) is 0 Å². The summed E-state index contributed by atoms with van der Waals surface area (Å²) < 4.78 is 17.7. The van der Waals surface area contributed by atoms with Gasteiger partial charge >= 0.3 is 0 Å². The Labute approximate surface area is 139 Å². The van der Waals surface area contributed by atoms with Crippen molar-refractivity contribution in [3.63, 3.8) is 0 Å². The van der Waals surface area contributed by atoms with Crippen LogP contribution in [-0.4, -0.2) is 24.9 Å². The van der Waals surface area contributed by atoms with Gasteiger partial charge in [0.2, 0.25) is 0 Å². The first-order valence-corrected chi connectivity index (χ1v) is 11.7. The molecule has 1 saturated heterocycles. The van der Waals surface area contributed by atoms with E-state index in [-0.39, 0.29) is 18.3 Å². The van der Waals surface area contributed by atoms with Crippen molar-refractivity contribution in [1.82, 2.24) is 0 Å². The molecule has 0 amide bonds. The van der Waals surface area contributed by atoms with Gasteiger partial charge in [-0.3, -0.25) is 0 Å². The Bertz CT molecular complexity index is 393. The minimum absolute atomic E-state index is 0.00765. The third-order valence-electron chi connectivity index (χ3n) is 4.78. The zero-order chi connectivity index (χ0) is 15.6. The highest BCUT2D eigenvalue weighted by molar-refractivity contribution is 8.51. The predicted octanol–water partition coefficient (Wildman–Crippen LogP) is 4.43. The fourth-order valence-electron chi connectivity index (χ4n) is 3.68. The van der Waals surface area contributed by atoms with E-state index in [2.05, 4.69) is 27.7 Å². The van der Waals surface area contributed by atoms with E-state index < -0.39 is 5.69 Å². The first kappa shape index (κ1) is 18.2. The molecule has 1 aliphatic heterocycles. The average molecular weight is 351 g/mol. The first-order chi connectivity index (χ1) is 9.80. The molecule has 0 aromatic rings. The summed E-state index contributed by atoms with van der Waals surface area (Å²) in [4.78, 5) is 0. The van der Waals surface area contributed by atoms with E-state index in [9.17, 15) is 0 Å². The van der Waals surface area contributed by atoms with Gasteiger partial charge in [-0.05, 0) is 43.9 Å². The van der Waals surface area contributed by atoms with Crippen molar-refractivity contribution in [2.45, 2.75) is 71.7 Å². The van der Waals surface area contributed by atoms with Crippen LogP contribution in [0.25, 0.3) is 0 Å². The van der Waals surface area contributed by atoms with Crippen LogP contribution in [0.4, 0.5) is 0 Å². The van der Waals surface area contributed by atoms with Crippen molar-refractivity contribution in [3.05, 3.63) is 0 Å². The zero-order valence-electron chi connectivity index (χ0n) is 13.5. The van der Waals surface area contributed by atoms with Gasteiger partial charge in [-0.1, -0.05) is 32.6 Å². The molecule has 0 radical (unpaired) electrons. The Morgan fingerprint density at radius 1 is 1.24 bits per heavy atom. The van der Waals surface area contributed by atoms with E-state index in [1.807, 2.05) is 0 Å². The topological polar surface area (TPSA) is 27.7 Å². The van der Waals surface area contributed by atoms with Gasteiger partial charge in [0.1, 0.15) is 0 Å². The molecular weight excluding hydrogens is 323 g/mol. The lowest BCUT2D eigenvalue weighted by Crippen LogP contribution is -2.23. The quantitative estimate of drug-likeness (QED) is 0.521. The fraction of sp³-hybridized carbons (Fsp3) is 1.00. The van der Waals surface area contributed by atoms with Crippen molar-refractivity contribution < 1.29 is 13.8 Å². The van der Waals surface area contributed by atoms with Crippen LogP contribution in [0.5, 0.6) is 0 Å². The molecule has 124 valence electrons. The van der Waals surface area contributed by atoms with Crippen LogP contribution in [0.2, 0.25) is 0 Å². The summed E-state index contributed by atoms with van der Waals surface area (Å²) in [6.07, 6.45) is 4.63. The highest BCUT2D eigenvalue weighted by atomic mass is 32.9. The highest BCUT2D eigenvalue weighted by Gasteiger charge is 2.34. The summed E-state index contributed by atoms with van der Waals surface area (Å²) >= 11 is 10.9. The van der Waals surface area contributed by atoms with E-state index in [0.717, 1.165) is 18.8 Å². The number of ether oxygens (including phenoxy) is 1. The van der Waals surface area contributed by atoms with Gasteiger partial charge < -0.3 is 26.0 Å². The number of rotatable bonds is 6. The van der Waals surface area contributed by atoms with Crippen LogP contribution in [-0.2, 0) is 37.8 Å². The van der Waals surface area contributed by atoms with Crippen LogP contribution < -0.4 is 0 Å². The molecule has 0 spiro atoms. The lowest BCUT2D eigenvalue weighted by atomic mass is 10.00. The number of hydrogen-bond donors (Lipinski definition) is 0. The minimum atomic E-state index is -2.58. The SMILES string of the molecule is CCC1OC(C)CC1OP(=S)([S-])OCC1CC(C)CC1C. The maximum Gasteiger partial charge on any atom is 0.0917 e. The molecule has 3 nitrogen and oxygen atoms in total. The molecule has 2 fully saturated rings. The molecule has 1 heterocycles. The Balaban J connectivity index is 1.83. The molecule has 2 rings (SSSR count). The first-order valence-electron chi connectivity index (χ1n) is 8.10. The molecule has 1 aliphatic carbocycles. The van der Waals surface area contributed by atoms with E-state index in [1.54, 1.807) is 0 Å². The van der Waals surface area contributed by atoms with Gasteiger partial charge in [0, 0.05) is 6.42 Å². The standard InChI is InChI=1S/C15H29O3PS2/c1-5-14-15(8-12(4)17-14)18-19(20,21)16-9-13-7-10(2)6-11(13)3/h10-15H,5-9H2,1-4H3,(H,20,21)/p-1. The second-order valence-electron chi connectivity index (χ2n) is 6.83. The largest absolute Gasteiger partial charge is 0.691 e. The Hall–Kier alpha value is 0.880. The molecule has 0 N–H and O–H groups in total. The van der Waals surface area contributed by atoms with Gasteiger partial charge in [-0.25, -0.2) is 0 Å². The van der Waals surface area contributed by atoms with Crippen molar-refractivity contribution >= 4 is 29.7 Å². The van der Waals surface area contributed by atoms with Crippen molar-refractivity contribution in [2.24, 2.45) is 17.8 Å². The van der Waals surface area contributed by atoms with Gasteiger partial charge in [-0.2, -0.15) is 0 Å². The van der Waals surface area contributed by atoms with Crippen LogP contribution >= 0.6 is 5.69 Å². The summed E-state index contributed by atoms with van der Waals surface area (Å²) in [5, 5.41) is 0. The normalized spacial score (nSPS) is 43.1. The summed E-state index contributed by atoms with van der Waals surface area (Å²) in [7, 11) is 0. The molecule has 7 unspecified atom stereocenters. The summed E-state index contributed by atoms with van der Waals surface area (Å²) in [6.45, 7) is 9.44. The lowest BCUT2D eigenvalue weighted by Gasteiger charge is -2.34. The molecule has 1 saturated carbocycles. The molecule has 6 heteroatoms. The van der Waals surface area contributed by atoms with Crippen LogP contribution in [0, 0.1) is 17.8 Å². The second kappa shape index (κ2) is 7.63.